The molecule has 16 N–H and O–H groups in total. The number of guanidine groups is 2. The fourth-order valence-corrected chi connectivity index (χ4v) is 4.08. The zero-order chi connectivity index (χ0) is 32.2. The van der Waals surface area contributed by atoms with E-state index in [4.69, 9.17) is 34.4 Å². The molecule has 0 heterocycles. The molecule has 1 rings (SSSR count). The molecule has 0 radical (unpaired) electrons. The van der Waals surface area contributed by atoms with Crippen molar-refractivity contribution in [3.05, 3.63) is 35.9 Å². The number of carboxylic acid groups (broad SMARTS) is 1. The summed E-state index contributed by atoms with van der Waals surface area (Å²) >= 11 is 0. The molecule has 0 spiro atoms. The van der Waals surface area contributed by atoms with Crippen LogP contribution in [0.15, 0.2) is 40.3 Å². The maximum atomic E-state index is 13.4. The smallest absolute Gasteiger partial charge is 0.326 e. The van der Waals surface area contributed by atoms with Gasteiger partial charge in [-0.15, -0.1) is 0 Å². The molecule has 0 saturated heterocycles. The van der Waals surface area contributed by atoms with Crippen LogP contribution < -0.4 is 50.4 Å². The van der Waals surface area contributed by atoms with Crippen LogP contribution in [0.4, 0.5) is 0 Å². The fraction of sp³-hybridized carbons (Fsp3) is 0.556. The molecule has 4 unspecified atom stereocenters. The molecule has 16 heteroatoms. The molecule has 16 nitrogen and oxygen atoms in total. The van der Waals surface area contributed by atoms with Crippen LogP contribution in [0.3, 0.4) is 0 Å². The number of hydrogen-bond donors (Lipinski definition) is 10. The van der Waals surface area contributed by atoms with Crippen LogP contribution in [0.1, 0.15) is 50.5 Å². The van der Waals surface area contributed by atoms with E-state index in [2.05, 4.69) is 25.9 Å². The summed E-state index contributed by atoms with van der Waals surface area (Å²) in [6.45, 7) is 0.747. The van der Waals surface area contributed by atoms with Crippen LogP contribution in [0.2, 0.25) is 0 Å². The van der Waals surface area contributed by atoms with E-state index in [0.29, 0.717) is 25.8 Å². The minimum Gasteiger partial charge on any atom is -0.480 e. The van der Waals surface area contributed by atoms with E-state index in [1.54, 1.807) is 0 Å². The molecule has 0 bridgehead atoms. The van der Waals surface area contributed by atoms with E-state index in [1.807, 2.05) is 30.3 Å². The minimum absolute atomic E-state index is 0.0452. The number of nitrogens with two attached hydrogens (primary N) is 6. The first kappa shape index (κ1) is 36.6. The Labute approximate surface area is 251 Å². The van der Waals surface area contributed by atoms with Gasteiger partial charge in [0.15, 0.2) is 11.9 Å². The third kappa shape index (κ3) is 16.0. The highest BCUT2D eigenvalue weighted by Gasteiger charge is 2.30. The van der Waals surface area contributed by atoms with Gasteiger partial charge < -0.3 is 55.5 Å². The van der Waals surface area contributed by atoms with Gasteiger partial charge in [0, 0.05) is 13.1 Å². The first-order valence-electron chi connectivity index (χ1n) is 14.2. The number of unbranched alkanes of at least 4 members (excludes halogenated alkanes) is 1. The van der Waals surface area contributed by atoms with Gasteiger partial charge in [0.05, 0.1) is 6.04 Å². The predicted octanol–water partition coefficient (Wildman–Crippen LogP) is -2.67. The van der Waals surface area contributed by atoms with Gasteiger partial charge in [0.25, 0.3) is 0 Å². The summed E-state index contributed by atoms with van der Waals surface area (Å²) in [5.74, 6) is -3.40. The molecule has 4 atom stereocenters. The summed E-state index contributed by atoms with van der Waals surface area (Å²) in [5, 5.41) is 17.4. The van der Waals surface area contributed by atoms with Gasteiger partial charge in [-0.2, -0.15) is 0 Å². The number of benzene rings is 1. The average molecular weight is 606 g/mol. The fourth-order valence-electron chi connectivity index (χ4n) is 4.08. The van der Waals surface area contributed by atoms with Crippen LogP contribution in [0.5, 0.6) is 0 Å². The highest BCUT2D eigenvalue weighted by molar-refractivity contribution is 5.94. The molecular weight excluding hydrogens is 558 g/mol. The zero-order valence-corrected chi connectivity index (χ0v) is 24.4. The number of amides is 3. The summed E-state index contributed by atoms with van der Waals surface area (Å²) in [5.41, 5.74) is 33.9. The maximum absolute atomic E-state index is 13.4. The largest absolute Gasteiger partial charge is 0.480 e. The number of nitrogens with one attached hydrogen (secondary N) is 3. The SMILES string of the molecule is NCCCCC(NC(=O)C(N)Cc1ccccc1)C(=O)NC(CCCN=C(N)N)C(=O)NC(CCCN=C(N)N)C(=O)O. The lowest BCUT2D eigenvalue weighted by atomic mass is 10.0. The molecule has 3 amide bonds. The van der Waals surface area contributed by atoms with Crippen molar-refractivity contribution in [1.29, 1.82) is 0 Å². The van der Waals surface area contributed by atoms with E-state index >= 15 is 0 Å². The van der Waals surface area contributed by atoms with Crippen LogP contribution in [-0.2, 0) is 25.6 Å². The van der Waals surface area contributed by atoms with Crippen LogP contribution in [0, 0.1) is 0 Å². The molecule has 0 aromatic heterocycles. The van der Waals surface area contributed by atoms with E-state index in [-0.39, 0.29) is 57.1 Å². The normalized spacial score (nSPS) is 13.4. The lowest BCUT2D eigenvalue weighted by molar-refractivity contribution is -0.142. The van der Waals surface area contributed by atoms with Gasteiger partial charge in [-0.3, -0.25) is 24.4 Å². The van der Waals surface area contributed by atoms with Crippen molar-refractivity contribution in [3.63, 3.8) is 0 Å². The summed E-state index contributed by atoms with van der Waals surface area (Å²) in [6.07, 6.45) is 2.37. The number of rotatable bonds is 21. The summed E-state index contributed by atoms with van der Waals surface area (Å²) < 4.78 is 0. The van der Waals surface area contributed by atoms with Crippen LogP contribution in [-0.4, -0.2) is 84.5 Å². The topological polar surface area (TPSA) is 305 Å². The van der Waals surface area contributed by atoms with Crippen molar-refractivity contribution in [1.82, 2.24) is 16.0 Å². The molecule has 1 aromatic rings. The molecule has 0 aliphatic heterocycles. The summed E-state index contributed by atoms with van der Waals surface area (Å²) in [7, 11) is 0. The average Bonchev–Trinajstić information content (AvgIpc) is 2.95. The van der Waals surface area contributed by atoms with Crippen LogP contribution >= 0.6 is 0 Å². The molecule has 240 valence electrons. The van der Waals surface area contributed by atoms with Crippen molar-refractivity contribution in [2.45, 2.75) is 75.5 Å². The molecule has 0 aliphatic rings. The third-order valence-corrected chi connectivity index (χ3v) is 6.35. The number of carbonyl (C=O) groups excluding carboxylic acids is 3. The number of carboxylic acids is 1. The molecular formula is C27H47N11O5. The second-order valence-electron chi connectivity index (χ2n) is 10.0. The predicted molar refractivity (Wildman–Crippen MR) is 164 cm³/mol. The highest BCUT2D eigenvalue weighted by Crippen LogP contribution is 2.08. The maximum Gasteiger partial charge on any atom is 0.326 e. The Hall–Kier alpha value is -4.44. The van der Waals surface area contributed by atoms with E-state index in [0.717, 1.165) is 5.56 Å². The van der Waals surface area contributed by atoms with Crippen molar-refractivity contribution >= 4 is 35.6 Å². The Morgan fingerprint density at radius 1 is 0.698 bits per heavy atom. The number of carbonyl (C=O) groups is 4. The van der Waals surface area contributed by atoms with E-state index in [9.17, 15) is 24.3 Å². The molecule has 0 fully saturated rings. The molecule has 0 aliphatic carbocycles. The second-order valence-corrected chi connectivity index (χ2v) is 10.0. The summed E-state index contributed by atoms with van der Waals surface area (Å²) in [6, 6.07) is 4.88. The first-order chi connectivity index (χ1) is 20.4. The third-order valence-electron chi connectivity index (χ3n) is 6.35. The van der Waals surface area contributed by atoms with E-state index in [1.165, 1.54) is 0 Å². The van der Waals surface area contributed by atoms with Gasteiger partial charge in [0.2, 0.25) is 17.7 Å². The Morgan fingerprint density at radius 3 is 1.65 bits per heavy atom. The van der Waals surface area contributed by atoms with Crippen LogP contribution in [0.25, 0.3) is 0 Å². The summed E-state index contributed by atoms with van der Waals surface area (Å²) in [4.78, 5) is 59.1. The number of aliphatic carboxylic acids is 1. The van der Waals surface area contributed by atoms with Crippen molar-refractivity contribution in [2.75, 3.05) is 19.6 Å². The van der Waals surface area contributed by atoms with Gasteiger partial charge in [-0.05, 0) is 63.5 Å². The lowest BCUT2D eigenvalue weighted by Crippen LogP contribution is -2.57. The van der Waals surface area contributed by atoms with E-state index < -0.39 is 47.9 Å². The minimum atomic E-state index is -1.26. The Balaban J connectivity index is 3.03. The monoisotopic (exact) mass is 605 g/mol. The quantitative estimate of drug-likeness (QED) is 0.0391. The second kappa shape index (κ2) is 20.4. The molecule has 1 aromatic carbocycles. The van der Waals surface area contributed by atoms with Gasteiger partial charge >= 0.3 is 5.97 Å². The Bertz CT molecular complexity index is 1080. The van der Waals surface area contributed by atoms with Gasteiger partial charge in [-0.1, -0.05) is 30.3 Å². The number of nitrogens with zero attached hydrogens (tertiary/aromatic N) is 2. The van der Waals surface area contributed by atoms with Gasteiger partial charge in [-0.25, -0.2) is 4.79 Å². The standard InChI is InChI=1S/C27H47N11O5/c28-13-5-4-10-19(36-22(39)18(29)16-17-8-2-1-3-9-17)23(40)37-20(11-6-14-34-26(30)31)24(41)38-21(25(42)43)12-7-15-35-27(32)33/h1-3,8-9,18-21H,4-7,10-16,28-29H2,(H,36,39)(H,37,40)(H,38,41)(H,42,43)(H4,30,31,34)(H4,32,33,35). The first-order valence-corrected chi connectivity index (χ1v) is 14.2. The number of aliphatic imine (C=N–C) groups is 2. The zero-order valence-electron chi connectivity index (χ0n) is 24.4. The Kier molecular flexibility index (Phi) is 17.4. The lowest BCUT2D eigenvalue weighted by Gasteiger charge is -2.25. The Morgan fingerprint density at radius 2 is 1.16 bits per heavy atom. The molecule has 0 saturated carbocycles. The van der Waals surface area contributed by atoms with Crippen molar-refractivity contribution in [2.24, 2.45) is 44.4 Å². The highest BCUT2D eigenvalue weighted by atomic mass is 16.4. The van der Waals surface area contributed by atoms with Crippen molar-refractivity contribution < 1.29 is 24.3 Å². The van der Waals surface area contributed by atoms with Gasteiger partial charge in [0.1, 0.15) is 18.1 Å². The number of hydrogen-bond acceptors (Lipinski definition) is 8. The molecule has 43 heavy (non-hydrogen) atoms. The van der Waals surface area contributed by atoms with Crippen molar-refractivity contribution in [3.8, 4) is 0 Å².